The van der Waals surface area contributed by atoms with Gasteiger partial charge in [-0.2, -0.15) is 0 Å². The van der Waals surface area contributed by atoms with Gasteiger partial charge in [0, 0.05) is 28.9 Å². The first-order valence-corrected chi connectivity index (χ1v) is 9.97. The van der Waals surface area contributed by atoms with Gasteiger partial charge in [-0.05, 0) is 36.0 Å². The molecular weight excluding hydrogens is 318 g/mol. The Morgan fingerprint density at radius 1 is 1.08 bits per heavy atom. The molecule has 3 rings (SSSR count). The molecular formula is C20H23NO2S. The Bertz CT molecular complexity index is 715. The van der Waals surface area contributed by atoms with Crippen LogP contribution in [0.3, 0.4) is 0 Å². The van der Waals surface area contributed by atoms with Crippen molar-refractivity contribution in [2.45, 2.75) is 30.9 Å². The smallest absolute Gasteiger partial charge is 0.227 e. The minimum absolute atomic E-state index is 0.0579. The number of carbonyl (C=O) groups excluding carboxylic acids is 1. The lowest BCUT2D eigenvalue weighted by Gasteiger charge is -2.24. The van der Waals surface area contributed by atoms with Crippen LogP contribution in [-0.4, -0.2) is 22.4 Å². The van der Waals surface area contributed by atoms with Crippen LogP contribution in [0, 0.1) is 0 Å². The van der Waals surface area contributed by atoms with Gasteiger partial charge in [-0.15, -0.1) is 0 Å². The zero-order chi connectivity index (χ0) is 16.8. The van der Waals surface area contributed by atoms with E-state index in [1.54, 1.807) is 0 Å². The van der Waals surface area contributed by atoms with Gasteiger partial charge in [-0.3, -0.25) is 9.00 Å². The molecule has 1 N–H and O–H groups in total. The quantitative estimate of drug-likeness (QED) is 0.877. The van der Waals surface area contributed by atoms with Crippen LogP contribution in [0.5, 0.6) is 0 Å². The third kappa shape index (κ3) is 4.32. The van der Waals surface area contributed by atoms with Crippen molar-refractivity contribution in [3.63, 3.8) is 0 Å². The molecule has 0 aromatic heterocycles. The van der Waals surface area contributed by atoms with E-state index in [1.807, 2.05) is 42.5 Å². The van der Waals surface area contributed by atoms with Crippen LogP contribution in [0.15, 0.2) is 54.6 Å². The molecule has 24 heavy (non-hydrogen) atoms. The van der Waals surface area contributed by atoms with Gasteiger partial charge >= 0.3 is 0 Å². The molecule has 1 aliphatic rings. The van der Waals surface area contributed by atoms with E-state index < -0.39 is 10.8 Å². The van der Waals surface area contributed by atoms with Crippen molar-refractivity contribution in [3.8, 4) is 0 Å². The highest BCUT2D eigenvalue weighted by Crippen LogP contribution is 2.31. The SMILES string of the molecule is O=C(NCC[S@@](=O)Cc1ccccc1)[C@H]1CCCc2ccccc21. The van der Waals surface area contributed by atoms with Crippen molar-refractivity contribution in [1.82, 2.24) is 5.32 Å². The predicted molar refractivity (Wildman–Crippen MR) is 98.3 cm³/mol. The summed E-state index contributed by atoms with van der Waals surface area (Å²) in [6.45, 7) is 0.469. The zero-order valence-corrected chi connectivity index (χ0v) is 14.6. The molecule has 4 heteroatoms. The minimum Gasteiger partial charge on any atom is -0.355 e. The Kier molecular flexibility index (Phi) is 5.81. The summed E-state index contributed by atoms with van der Waals surface area (Å²) in [6, 6.07) is 18.0. The summed E-state index contributed by atoms with van der Waals surface area (Å²) in [6.07, 6.45) is 3.01. The molecule has 0 bridgehead atoms. The first kappa shape index (κ1) is 16.9. The van der Waals surface area contributed by atoms with Gasteiger partial charge in [-0.25, -0.2) is 0 Å². The number of carbonyl (C=O) groups is 1. The molecule has 3 nitrogen and oxygen atoms in total. The van der Waals surface area contributed by atoms with Crippen LogP contribution in [0.2, 0.25) is 0 Å². The fourth-order valence-corrected chi connectivity index (χ4v) is 4.31. The molecule has 0 aliphatic heterocycles. The molecule has 0 unspecified atom stereocenters. The van der Waals surface area contributed by atoms with Crippen molar-refractivity contribution in [2.75, 3.05) is 12.3 Å². The largest absolute Gasteiger partial charge is 0.355 e. The number of amides is 1. The van der Waals surface area contributed by atoms with Crippen LogP contribution in [-0.2, 0) is 27.8 Å². The number of hydrogen-bond acceptors (Lipinski definition) is 2. The Hall–Kier alpha value is -1.94. The van der Waals surface area contributed by atoms with Crippen molar-refractivity contribution in [2.24, 2.45) is 0 Å². The molecule has 0 saturated carbocycles. The molecule has 2 atom stereocenters. The number of aryl methyl sites for hydroxylation is 1. The number of benzene rings is 2. The van der Waals surface area contributed by atoms with E-state index in [1.165, 1.54) is 5.56 Å². The van der Waals surface area contributed by atoms with Gasteiger partial charge in [0.1, 0.15) is 0 Å². The molecule has 1 amide bonds. The van der Waals surface area contributed by atoms with Crippen molar-refractivity contribution in [3.05, 3.63) is 71.3 Å². The lowest BCUT2D eigenvalue weighted by Crippen LogP contribution is -2.34. The highest BCUT2D eigenvalue weighted by atomic mass is 32.2. The normalized spacial score (nSPS) is 17.8. The van der Waals surface area contributed by atoms with Crippen LogP contribution < -0.4 is 5.32 Å². The maximum atomic E-state index is 12.5. The summed E-state index contributed by atoms with van der Waals surface area (Å²) in [4.78, 5) is 12.5. The number of nitrogens with one attached hydrogen (secondary N) is 1. The maximum absolute atomic E-state index is 12.5. The lowest BCUT2D eigenvalue weighted by atomic mass is 9.82. The van der Waals surface area contributed by atoms with Crippen molar-refractivity contribution < 1.29 is 9.00 Å². The third-order valence-electron chi connectivity index (χ3n) is 4.49. The summed E-state index contributed by atoms with van der Waals surface area (Å²) in [5, 5.41) is 2.98. The Morgan fingerprint density at radius 2 is 1.83 bits per heavy atom. The highest BCUT2D eigenvalue weighted by molar-refractivity contribution is 7.84. The summed E-state index contributed by atoms with van der Waals surface area (Å²) < 4.78 is 12.1. The number of hydrogen-bond donors (Lipinski definition) is 1. The van der Waals surface area contributed by atoms with Gasteiger partial charge in [0.15, 0.2) is 0 Å². The molecule has 0 heterocycles. The first-order valence-electron chi connectivity index (χ1n) is 8.48. The van der Waals surface area contributed by atoms with Crippen LogP contribution in [0.1, 0.15) is 35.4 Å². The second-order valence-corrected chi connectivity index (χ2v) is 7.79. The average Bonchev–Trinajstić information content (AvgIpc) is 2.62. The maximum Gasteiger partial charge on any atom is 0.227 e. The number of fused-ring (bicyclic) bond motifs is 1. The molecule has 0 radical (unpaired) electrons. The predicted octanol–water partition coefficient (Wildman–Crippen LogP) is 3.17. The average molecular weight is 341 g/mol. The Morgan fingerprint density at radius 3 is 2.67 bits per heavy atom. The summed E-state index contributed by atoms with van der Waals surface area (Å²) >= 11 is 0. The zero-order valence-electron chi connectivity index (χ0n) is 13.7. The second-order valence-electron chi connectivity index (χ2n) is 6.21. The molecule has 1 aliphatic carbocycles. The fourth-order valence-electron chi connectivity index (χ4n) is 3.27. The van der Waals surface area contributed by atoms with E-state index >= 15 is 0 Å². The lowest BCUT2D eigenvalue weighted by molar-refractivity contribution is -0.122. The third-order valence-corrected chi connectivity index (χ3v) is 5.80. The number of rotatable bonds is 6. The minimum atomic E-state index is -0.952. The summed E-state index contributed by atoms with van der Waals surface area (Å²) in [5.74, 6) is 1.05. The Labute approximate surface area is 145 Å². The fraction of sp³-hybridized carbons (Fsp3) is 0.350. The first-order chi connectivity index (χ1) is 11.7. The molecule has 126 valence electrons. The topological polar surface area (TPSA) is 46.2 Å². The molecule has 0 saturated heterocycles. The van der Waals surface area contributed by atoms with Gasteiger partial charge in [-0.1, -0.05) is 54.6 Å². The van der Waals surface area contributed by atoms with E-state index in [4.69, 9.17) is 0 Å². The van der Waals surface area contributed by atoms with E-state index in [0.29, 0.717) is 18.1 Å². The van der Waals surface area contributed by atoms with Crippen molar-refractivity contribution >= 4 is 16.7 Å². The highest BCUT2D eigenvalue weighted by Gasteiger charge is 2.25. The standard InChI is InChI=1S/C20H23NO2S/c22-20(19-12-6-10-17-9-4-5-11-18(17)19)21-13-14-24(23)15-16-7-2-1-3-8-16/h1-5,7-9,11,19H,6,10,12-15H2,(H,21,22)/t19-,24+/m0/s1. The van der Waals surface area contributed by atoms with Gasteiger partial charge in [0.25, 0.3) is 0 Å². The van der Waals surface area contributed by atoms with Gasteiger partial charge < -0.3 is 5.32 Å². The van der Waals surface area contributed by atoms with Crippen LogP contribution >= 0.6 is 0 Å². The van der Waals surface area contributed by atoms with E-state index in [0.717, 1.165) is 30.4 Å². The molecule has 0 fully saturated rings. The van der Waals surface area contributed by atoms with Crippen molar-refractivity contribution in [1.29, 1.82) is 0 Å². The molecule has 0 spiro atoms. The second kappa shape index (κ2) is 8.25. The van der Waals surface area contributed by atoms with Crippen LogP contribution in [0.25, 0.3) is 0 Å². The van der Waals surface area contributed by atoms with E-state index in [-0.39, 0.29) is 11.8 Å². The monoisotopic (exact) mass is 341 g/mol. The van der Waals surface area contributed by atoms with Gasteiger partial charge in [0.05, 0.1) is 5.92 Å². The summed E-state index contributed by atoms with van der Waals surface area (Å²) in [7, 11) is -0.952. The van der Waals surface area contributed by atoms with E-state index in [2.05, 4.69) is 17.4 Å². The van der Waals surface area contributed by atoms with E-state index in [9.17, 15) is 9.00 Å². The molecule has 2 aromatic carbocycles. The van der Waals surface area contributed by atoms with Crippen LogP contribution in [0.4, 0.5) is 0 Å². The molecule has 2 aromatic rings. The van der Waals surface area contributed by atoms with Gasteiger partial charge in [0.2, 0.25) is 5.91 Å². The Balaban J connectivity index is 1.49. The summed E-state index contributed by atoms with van der Waals surface area (Å²) in [5.41, 5.74) is 3.52.